The lowest BCUT2D eigenvalue weighted by atomic mass is 9.80. The Morgan fingerprint density at radius 3 is 2.12 bits per heavy atom. The largest absolute Gasteiger partial charge is 0.416 e. The number of hydrogen-bond donors (Lipinski definition) is 2. The van der Waals surface area contributed by atoms with Crippen LogP contribution in [0.5, 0.6) is 0 Å². The van der Waals surface area contributed by atoms with Crippen molar-refractivity contribution in [3.63, 3.8) is 0 Å². The van der Waals surface area contributed by atoms with E-state index in [1.54, 1.807) is 6.92 Å². The number of carbonyl (C=O) groups is 2. The summed E-state index contributed by atoms with van der Waals surface area (Å²) in [5, 5.41) is 5.62. The third-order valence-corrected chi connectivity index (χ3v) is 4.64. The number of amides is 2. The molecular weight excluding hydrogens is 333 g/mol. The molecule has 1 aromatic carbocycles. The predicted octanol–water partition coefficient (Wildman–Crippen LogP) is 3.72. The molecule has 7 heteroatoms. The second-order valence-electron chi connectivity index (χ2n) is 6.64. The lowest BCUT2D eigenvalue weighted by molar-refractivity contribution is -0.137. The van der Waals surface area contributed by atoms with Crippen molar-refractivity contribution in [2.75, 3.05) is 0 Å². The molecule has 0 spiro atoms. The highest BCUT2D eigenvalue weighted by Gasteiger charge is 2.40. The Morgan fingerprint density at radius 1 is 1.08 bits per heavy atom. The lowest BCUT2D eigenvalue weighted by Crippen LogP contribution is -2.59. The van der Waals surface area contributed by atoms with Crippen LogP contribution < -0.4 is 10.6 Å². The van der Waals surface area contributed by atoms with Gasteiger partial charge in [0.25, 0.3) is 0 Å². The van der Waals surface area contributed by atoms with Crippen LogP contribution in [-0.4, -0.2) is 17.4 Å². The van der Waals surface area contributed by atoms with Gasteiger partial charge in [-0.2, -0.15) is 13.2 Å². The standard InChI is InChI=1S/C18H23F3N2O2/c1-12(14-6-8-15(9-7-14)18(19,20)21)22-16(25)17(23-13(2)24)10-4-3-5-11-17/h6-9,12H,3-5,10-11H2,1-2H3,(H,22,25)(H,23,24)/t12-/m0/s1. The molecule has 0 unspecified atom stereocenters. The molecule has 1 fully saturated rings. The molecule has 1 atom stereocenters. The maximum absolute atomic E-state index is 12.8. The van der Waals surface area contributed by atoms with E-state index in [9.17, 15) is 22.8 Å². The van der Waals surface area contributed by atoms with Gasteiger partial charge in [0, 0.05) is 6.92 Å². The molecule has 2 N–H and O–H groups in total. The van der Waals surface area contributed by atoms with Crippen molar-refractivity contribution in [2.45, 2.75) is 63.7 Å². The van der Waals surface area contributed by atoms with Crippen LogP contribution in [0.3, 0.4) is 0 Å². The summed E-state index contributed by atoms with van der Waals surface area (Å²) in [6.45, 7) is 3.09. The van der Waals surface area contributed by atoms with Crippen LogP contribution in [0.25, 0.3) is 0 Å². The zero-order chi connectivity index (χ0) is 18.7. The van der Waals surface area contributed by atoms with Gasteiger partial charge in [0.2, 0.25) is 11.8 Å². The summed E-state index contributed by atoms with van der Waals surface area (Å²) >= 11 is 0. The molecule has 0 radical (unpaired) electrons. The first-order valence-electron chi connectivity index (χ1n) is 8.41. The number of benzene rings is 1. The van der Waals surface area contributed by atoms with E-state index in [0.29, 0.717) is 18.4 Å². The maximum atomic E-state index is 12.8. The average Bonchev–Trinajstić information content (AvgIpc) is 2.54. The first kappa shape index (κ1) is 19.3. The van der Waals surface area contributed by atoms with Crippen LogP contribution in [-0.2, 0) is 15.8 Å². The maximum Gasteiger partial charge on any atom is 0.416 e. The minimum atomic E-state index is -4.39. The lowest BCUT2D eigenvalue weighted by Gasteiger charge is -2.37. The van der Waals surface area contributed by atoms with Crippen LogP contribution in [0.4, 0.5) is 13.2 Å². The summed E-state index contributed by atoms with van der Waals surface area (Å²) < 4.78 is 37.9. The van der Waals surface area contributed by atoms with Gasteiger partial charge in [-0.3, -0.25) is 9.59 Å². The minimum Gasteiger partial charge on any atom is -0.348 e. The highest BCUT2D eigenvalue weighted by atomic mass is 19.4. The molecule has 0 aromatic heterocycles. The van der Waals surface area contributed by atoms with Gasteiger partial charge in [-0.15, -0.1) is 0 Å². The number of rotatable bonds is 4. The fourth-order valence-electron chi connectivity index (χ4n) is 3.28. The Kier molecular flexibility index (Phi) is 5.75. The zero-order valence-electron chi connectivity index (χ0n) is 14.4. The molecule has 2 amide bonds. The second-order valence-corrected chi connectivity index (χ2v) is 6.64. The zero-order valence-corrected chi connectivity index (χ0v) is 14.4. The van der Waals surface area contributed by atoms with Crippen molar-refractivity contribution in [3.05, 3.63) is 35.4 Å². The SMILES string of the molecule is CC(=O)NC1(C(=O)N[C@@H](C)c2ccc(C(F)(F)F)cc2)CCCCC1. The van der Waals surface area contributed by atoms with Gasteiger partial charge in [0.15, 0.2) is 0 Å². The molecule has 1 aliphatic rings. The van der Waals surface area contributed by atoms with Crippen molar-refractivity contribution < 1.29 is 22.8 Å². The van der Waals surface area contributed by atoms with E-state index >= 15 is 0 Å². The van der Waals surface area contributed by atoms with E-state index in [2.05, 4.69) is 10.6 Å². The highest BCUT2D eigenvalue weighted by molar-refractivity contribution is 5.91. The third-order valence-electron chi connectivity index (χ3n) is 4.64. The minimum absolute atomic E-state index is 0.265. The molecule has 2 rings (SSSR count). The van der Waals surface area contributed by atoms with Crippen molar-refractivity contribution >= 4 is 11.8 Å². The summed E-state index contributed by atoms with van der Waals surface area (Å²) in [6.07, 6.45) is -0.535. The van der Waals surface area contributed by atoms with Gasteiger partial charge in [-0.1, -0.05) is 31.4 Å². The second kappa shape index (κ2) is 7.45. The molecular formula is C18H23F3N2O2. The molecule has 0 saturated heterocycles. The average molecular weight is 356 g/mol. The number of carbonyl (C=O) groups excluding carboxylic acids is 2. The fourth-order valence-corrected chi connectivity index (χ4v) is 3.28. The number of hydrogen-bond acceptors (Lipinski definition) is 2. The summed E-state index contributed by atoms with van der Waals surface area (Å²) in [5.41, 5.74) is -1.07. The van der Waals surface area contributed by atoms with E-state index in [1.807, 2.05) is 0 Å². The van der Waals surface area contributed by atoms with Crippen LogP contribution in [0, 0.1) is 0 Å². The molecule has 138 valence electrons. The molecule has 1 aromatic rings. The first-order chi connectivity index (χ1) is 11.6. The summed E-state index contributed by atoms with van der Waals surface area (Å²) in [7, 11) is 0. The van der Waals surface area contributed by atoms with Crippen LogP contribution in [0.15, 0.2) is 24.3 Å². The predicted molar refractivity (Wildman–Crippen MR) is 87.6 cm³/mol. The molecule has 1 saturated carbocycles. The number of nitrogens with one attached hydrogen (secondary N) is 2. The number of alkyl halides is 3. The third kappa shape index (κ3) is 4.74. The quantitative estimate of drug-likeness (QED) is 0.864. The Hall–Kier alpha value is -2.05. The fraction of sp³-hybridized carbons (Fsp3) is 0.556. The summed E-state index contributed by atoms with van der Waals surface area (Å²) in [6, 6.07) is 4.27. The Morgan fingerprint density at radius 2 is 1.64 bits per heavy atom. The van der Waals surface area contributed by atoms with Crippen molar-refractivity contribution in [2.24, 2.45) is 0 Å². The number of halogens is 3. The monoisotopic (exact) mass is 356 g/mol. The molecule has 0 bridgehead atoms. The van der Waals surface area contributed by atoms with Gasteiger partial charge in [0.1, 0.15) is 5.54 Å². The van der Waals surface area contributed by atoms with Crippen molar-refractivity contribution in [1.82, 2.24) is 10.6 Å². The molecule has 0 aliphatic heterocycles. The van der Waals surface area contributed by atoms with Crippen LogP contribution >= 0.6 is 0 Å². The van der Waals surface area contributed by atoms with Crippen LogP contribution in [0.1, 0.15) is 63.1 Å². The van der Waals surface area contributed by atoms with Crippen molar-refractivity contribution in [1.29, 1.82) is 0 Å². The van der Waals surface area contributed by atoms with Crippen molar-refractivity contribution in [3.8, 4) is 0 Å². The van der Waals surface area contributed by atoms with E-state index in [4.69, 9.17) is 0 Å². The Labute approximate surface area is 145 Å². The van der Waals surface area contributed by atoms with Gasteiger partial charge >= 0.3 is 6.18 Å². The van der Waals surface area contributed by atoms with Gasteiger partial charge < -0.3 is 10.6 Å². The Bertz CT molecular complexity index is 620. The van der Waals surface area contributed by atoms with E-state index in [1.165, 1.54) is 19.1 Å². The molecule has 25 heavy (non-hydrogen) atoms. The van der Waals surface area contributed by atoms with E-state index in [0.717, 1.165) is 31.4 Å². The van der Waals surface area contributed by atoms with Crippen LogP contribution in [0.2, 0.25) is 0 Å². The van der Waals surface area contributed by atoms with E-state index < -0.39 is 23.3 Å². The summed E-state index contributed by atoms with van der Waals surface area (Å²) in [5.74, 6) is -0.547. The van der Waals surface area contributed by atoms with Gasteiger partial charge in [-0.05, 0) is 37.5 Å². The molecule has 1 aliphatic carbocycles. The van der Waals surface area contributed by atoms with Gasteiger partial charge in [0.05, 0.1) is 11.6 Å². The molecule has 4 nitrogen and oxygen atoms in total. The molecule has 0 heterocycles. The highest BCUT2D eigenvalue weighted by Crippen LogP contribution is 2.31. The first-order valence-corrected chi connectivity index (χ1v) is 8.41. The summed E-state index contributed by atoms with van der Waals surface area (Å²) in [4.78, 5) is 24.3. The Balaban J connectivity index is 2.10. The smallest absolute Gasteiger partial charge is 0.348 e. The normalized spacial score (nSPS) is 18.3. The topological polar surface area (TPSA) is 58.2 Å². The van der Waals surface area contributed by atoms with E-state index in [-0.39, 0.29) is 11.8 Å². The van der Waals surface area contributed by atoms with Gasteiger partial charge in [-0.25, -0.2) is 0 Å².